The van der Waals surface area contributed by atoms with Crippen LogP contribution in [0.3, 0.4) is 0 Å². The number of nitrogens with zero attached hydrogens (tertiary/aromatic N) is 1. The molecule has 0 bridgehead atoms. The summed E-state index contributed by atoms with van der Waals surface area (Å²) in [5.41, 5.74) is 3.30. The predicted octanol–water partition coefficient (Wildman–Crippen LogP) is 2.79. The van der Waals surface area contributed by atoms with Crippen LogP contribution in [0.2, 0.25) is 0 Å². The zero-order valence-corrected chi connectivity index (χ0v) is 17.6. The summed E-state index contributed by atoms with van der Waals surface area (Å²) in [6.07, 6.45) is 1.11. The van der Waals surface area contributed by atoms with Gasteiger partial charge in [-0.25, -0.2) is 8.42 Å². The first-order chi connectivity index (χ1) is 13.2. The van der Waals surface area contributed by atoms with Crippen molar-refractivity contribution in [1.82, 2.24) is 5.32 Å². The van der Waals surface area contributed by atoms with Crippen molar-refractivity contribution in [3.8, 4) is 0 Å². The largest absolute Gasteiger partial charge is 0.375 e. The van der Waals surface area contributed by atoms with Gasteiger partial charge in [0.2, 0.25) is 15.9 Å². The van der Waals surface area contributed by atoms with E-state index in [0.29, 0.717) is 25.4 Å². The summed E-state index contributed by atoms with van der Waals surface area (Å²) in [6, 6.07) is 14.4. The van der Waals surface area contributed by atoms with Crippen molar-refractivity contribution in [3.63, 3.8) is 0 Å². The van der Waals surface area contributed by atoms with Crippen LogP contribution >= 0.6 is 0 Å². The summed E-state index contributed by atoms with van der Waals surface area (Å²) in [7, 11) is -3.63. The smallest absolute Gasteiger partial charge is 0.243 e. The number of aryl methyl sites for hydroxylation is 2. The van der Waals surface area contributed by atoms with Gasteiger partial charge >= 0.3 is 0 Å². The SMILES string of the molecule is Cc1ccc(C)c(N([C@@H](C)C(=O)NCCOCc2ccccc2)S(C)(=O)=O)c1. The van der Waals surface area contributed by atoms with Crippen LogP contribution in [0, 0.1) is 13.8 Å². The number of hydrogen-bond acceptors (Lipinski definition) is 4. The number of sulfonamides is 1. The van der Waals surface area contributed by atoms with Gasteiger partial charge in [0.1, 0.15) is 6.04 Å². The first-order valence-electron chi connectivity index (χ1n) is 9.16. The summed E-state index contributed by atoms with van der Waals surface area (Å²) in [6.45, 7) is 6.41. The highest BCUT2D eigenvalue weighted by Gasteiger charge is 2.30. The van der Waals surface area contributed by atoms with E-state index in [-0.39, 0.29) is 5.91 Å². The highest BCUT2D eigenvalue weighted by Crippen LogP contribution is 2.26. The lowest BCUT2D eigenvalue weighted by Crippen LogP contribution is -2.48. The van der Waals surface area contributed by atoms with Crippen LogP contribution in [0.15, 0.2) is 48.5 Å². The highest BCUT2D eigenvalue weighted by atomic mass is 32.2. The Morgan fingerprint density at radius 2 is 1.82 bits per heavy atom. The van der Waals surface area contributed by atoms with Crippen LogP contribution in [-0.4, -0.2) is 39.8 Å². The van der Waals surface area contributed by atoms with Gasteiger partial charge in [0.25, 0.3) is 0 Å². The molecule has 0 aromatic heterocycles. The van der Waals surface area contributed by atoms with Gasteiger partial charge in [0, 0.05) is 6.54 Å². The summed E-state index contributed by atoms with van der Waals surface area (Å²) in [4.78, 5) is 12.6. The molecule has 0 spiro atoms. The Morgan fingerprint density at radius 3 is 2.46 bits per heavy atom. The molecule has 1 amide bonds. The molecule has 1 atom stereocenters. The maximum Gasteiger partial charge on any atom is 0.243 e. The van der Waals surface area contributed by atoms with E-state index in [1.54, 1.807) is 13.0 Å². The Bertz CT molecular complexity index is 898. The van der Waals surface area contributed by atoms with Crippen molar-refractivity contribution in [3.05, 3.63) is 65.2 Å². The summed E-state index contributed by atoms with van der Waals surface area (Å²) < 4.78 is 31.5. The van der Waals surface area contributed by atoms with Gasteiger partial charge in [-0.05, 0) is 43.5 Å². The van der Waals surface area contributed by atoms with Crippen LogP contribution in [0.25, 0.3) is 0 Å². The third-order valence-corrected chi connectivity index (χ3v) is 5.58. The molecular formula is C21H28N2O4S. The molecule has 0 heterocycles. The molecule has 2 aromatic carbocycles. The fraction of sp³-hybridized carbons (Fsp3) is 0.381. The van der Waals surface area contributed by atoms with Crippen molar-refractivity contribution < 1.29 is 17.9 Å². The van der Waals surface area contributed by atoms with Gasteiger partial charge in [-0.1, -0.05) is 42.5 Å². The molecule has 0 fully saturated rings. The lowest BCUT2D eigenvalue weighted by molar-refractivity contribution is -0.122. The Hall–Kier alpha value is -2.38. The molecular weight excluding hydrogens is 376 g/mol. The number of nitrogens with one attached hydrogen (secondary N) is 1. The molecule has 2 rings (SSSR count). The second-order valence-corrected chi connectivity index (χ2v) is 8.71. The monoisotopic (exact) mass is 404 g/mol. The van der Waals surface area contributed by atoms with Gasteiger partial charge in [0.05, 0.1) is 25.2 Å². The molecule has 152 valence electrons. The number of carbonyl (C=O) groups is 1. The van der Waals surface area contributed by atoms with Crippen molar-refractivity contribution >= 4 is 21.6 Å². The number of amides is 1. The highest BCUT2D eigenvalue weighted by molar-refractivity contribution is 7.92. The molecule has 2 aromatic rings. The summed E-state index contributed by atoms with van der Waals surface area (Å²) in [5, 5.41) is 2.76. The van der Waals surface area contributed by atoms with Gasteiger partial charge in [-0.15, -0.1) is 0 Å². The van der Waals surface area contributed by atoms with E-state index in [2.05, 4.69) is 5.32 Å². The van der Waals surface area contributed by atoms with Crippen LogP contribution in [0.5, 0.6) is 0 Å². The summed E-state index contributed by atoms with van der Waals surface area (Å²) in [5.74, 6) is -0.366. The van der Waals surface area contributed by atoms with Gasteiger partial charge < -0.3 is 10.1 Å². The molecule has 7 heteroatoms. The van der Waals surface area contributed by atoms with Crippen LogP contribution in [0.1, 0.15) is 23.6 Å². The Morgan fingerprint density at radius 1 is 1.14 bits per heavy atom. The number of carbonyl (C=O) groups excluding carboxylic acids is 1. The molecule has 0 aliphatic carbocycles. The molecule has 1 N–H and O–H groups in total. The number of benzene rings is 2. The number of hydrogen-bond donors (Lipinski definition) is 1. The third-order valence-electron chi connectivity index (χ3n) is 4.35. The average molecular weight is 405 g/mol. The first kappa shape index (κ1) is 21.9. The number of anilines is 1. The minimum Gasteiger partial charge on any atom is -0.375 e. The number of ether oxygens (including phenoxy) is 1. The van der Waals surface area contributed by atoms with Crippen molar-refractivity contribution in [1.29, 1.82) is 0 Å². The Labute approximate surface area is 167 Å². The van der Waals surface area contributed by atoms with E-state index in [9.17, 15) is 13.2 Å². The van der Waals surface area contributed by atoms with E-state index >= 15 is 0 Å². The zero-order chi connectivity index (χ0) is 20.7. The first-order valence-corrected chi connectivity index (χ1v) is 11.0. The lowest BCUT2D eigenvalue weighted by Gasteiger charge is -2.29. The second kappa shape index (κ2) is 9.71. The topological polar surface area (TPSA) is 75.7 Å². The Kier molecular flexibility index (Phi) is 7.60. The molecule has 0 aliphatic heterocycles. The molecule has 0 radical (unpaired) electrons. The van der Waals surface area contributed by atoms with Gasteiger partial charge in [-0.2, -0.15) is 0 Å². The molecule has 0 saturated heterocycles. The van der Waals surface area contributed by atoms with E-state index in [4.69, 9.17) is 4.74 Å². The maximum absolute atomic E-state index is 12.6. The minimum absolute atomic E-state index is 0.306. The maximum atomic E-state index is 12.6. The molecule has 6 nitrogen and oxygen atoms in total. The fourth-order valence-corrected chi connectivity index (χ4v) is 4.12. The molecule has 28 heavy (non-hydrogen) atoms. The molecule has 0 aliphatic rings. The average Bonchev–Trinajstić information content (AvgIpc) is 2.64. The second-order valence-electron chi connectivity index (χ2n) is 6.85. The van der Waals surface area contributed by atoms with Crippen LogP contribution < -0.4 is 9.62 Å². The van der Waals surface area contributed by atoms with Crippen LogP contribution in [0.4, 0.5) is 5.69 Å². The Balaban J connectivity index is 1.97. The van der Waals surface area contributed by atoms with Crippen molar-refractivity contribution in [2.24, 2.45) is 0 Å². The van der Waals surface area contributed by atoms with E-state index < -0.39 is 16.1 Å². The van der Waals surface area contributed by atoms with E-state index in [0.717, 1.165) is 22.9 Å². The van der Waals surface area contributed by atoms with Gasteiger partial charge in [-0.3, -0.25) is 9.10 Å². The minimum atomic E-state index is -3.63. The third kappa shape index (κ3) is 6.07. The predicted molar refractivity (Wildman–Crippen MR) is 112 cm³/mol. The normalized spacial score (nSPS) is 12.4. The lowest BCUT2D eigenvalue weighted by atomic mass is 10.1. The van der Waals surface area contributed by atoms with Crippen molar-refractivity contribution in [2.75, 3.05) is 23.7 Å². The quantitative estimate of drug-likeness (QED) is 0.652. The van der Waals surface area contributed by atoms with Crippen molar-refractivity contribution in [2.45, 2.75) is 33.4 Å². The fourth-order valence-electron chi connectivity index (χ4n) is 2.90. The van der Waals surface area contributed by atoms with E-state index in [1.165, 1.54) is 4.31 Å². The molecule has 0 saturated carbocycles. The van der Waals surface area contributed by atoms with Gasteiger partial charge in [0.15, 0.2) is 0 Å². The summed E-state index contributed by atoms with van der Waals surface area (Å²) >= 11 is 0. The van der Waals surface area contributed by atoms with E-state index in [1.807, 2.05) is 56.3 Å². The standard InChI is InChI=1S/C21H28N2O4S/c1-16-10-11-17(2)20(14-16)23(28(4,25)26)18(3)21(24)22-12-13-27-15-19-8-6-5-7-9-19/h5-11,14,18H,12-13,15H2,1-4H3,(H,22,24)/t18-/m0/s1. The molecule has 0 unspecified atom stereocenters. The zero-order valence-electron chi connectivity index (χ0n) is 16.8. The number of rotatable bonds is 9. The van der Waals surface area contributed by atoms with Crippen LogP contribution in [-0.2, 0) is 26.2 Å².